The molecule has 3 heteroatoms. The van der Waals surface area contributed by atoms with Crippen molar-refractivity contribution in [3.8, 4) is 5.75 Å². The van der Waals surface area contributed by atoms with Crippen molar-refractivity contribution in [3.63, 3.8) is 0 Å². The Labute approximate surface area is 103 Å². The summed E-state index contributed by atoms with van der Waals surface area (Å²) in [4.78, 5) is 0. The normalized spacial score (nSPS) is 24.6. The van der Waals surface area contributed by atoms with Gasteiger partial charge in [-0.2, -0.15) is 0 Å². The Balaban J connectivity index is 1.97. The molecule has 2 unspecified atom stereocenters. The summed E-state index contributed by atoms with van der Waals surface area (Å²) in [5.41, 5.74) is 2.00. The van der Waals surface area contributed by atoms with Crippen molar-refractivity contribution in [3.05, 3.63) is 23.8 Å². The van der Waals surface area contributed by atoms with Gasteiger partial charge in [0, 0.05) is 18.3 Å². The molecule has 0 saturated carbocycles. The van der Waals surface area contributed by atoms with E-state index in [9.17, 15) is 5.11 Å². The van der Waals surface area contributed by atoms with Crippen LogP contribution in [-0.4, -0.2) is 23.9 Å². The summed E-state index contributed by atoms with van der Waals surface area (Å²) in [6.07, 6.45) is 3.58. The number of ether oxygens (including phenoxy) is 1. The summed E-state index contributed by atoms with van der Waals surface area (Å²) in [7, 11) is 0. The molecule has 17 heavy (non-hydrogen) atoms. The molecule has 2 atom stereocenters. The van der Waals surface area contributed by atoms with Gasteiger partial charge in [0.15, 0.2) is 0 Å². The van der Waals surface area contributed by atoms with Gasteiger partial charge in [0.2, 0.25) is 0 Å². The first-order valence-corrected chi connectivity index (χ1v) is 6.36. The predicted molar refractivity (Wildman–Crippen MR) is 69.5 cm³/mol. The van der Waals surface area contributed by atoms with Crippen LogP contribution in [0.2, 0.25) is 0 Å². The Morgan fingerprint density at radius 3 is 3.00 bits per heavy atom. The molecule has 2 rings (SSSR count). The number of anilines is 1. The molecule has 2 N–H and O–H groups in total. The first-order chi connectivity index (χ1) is 8.19. The van der Waals surface area contributed by atoms with Crippen molar-refractivity contribution >= 4 is 5.69 Å². The number of phenolic OH excluding ortho intramolecular Hbond substituents is 1. The highest BCUT2D eigenvalue weighted by molar-refractivity contribution is 5.50. The van der Waals surface area contributed by atoms with Crippen LogP contribution >= 0.6 is 0 Å². The maximum absolute atomic E-state index is 9.48. The van der Waals surface area contributed by atoms with Crippen molar-refractivity contribution in [1.82, 2.24) is 0 Å². The molecule has 3 nitrogen and oxygen atoms in total. The molecule has 94 valence electrons. The number of aromatic hydroxyl groups is 1. The molecule has 0 amide bonds. The fourth-order valence-electron chi connectivity index (χ4n) is 2.28. The molecule has 1 aliphatic rings. The molecule has 0 bridgehead atoms. The highest BCUT2D eigenvalue weighted by Crippen LogP contribution is 2.24. The van der Waals surface area contributed by atoms with Crippen LogP contribution < -0.4 is 5.32 Å². The first kappa shape index (κ1) is 12.2. The quantitative estimate of drug-likeness (QED) is 0.791. The van der Waals surface area contributed by atoms with E-state index in [0.717, 1.165) is 37.1 Å². The minimum Gasteiger partial charge on any atom is -0.508 e. The van der Waals surface area contributed by atoms with Gasteiger partial charge in [-0.1, -0.05) is 6.92 Å². The van der Waals surface area contributed by atoms with Crippen LogP contribution in [-0.2, 0) is 4.74 Å². The number of hydrogen-bond acceptors (Lipinski definition) is 3. The molecule has 1 aromatic carbocycles. The molecule has 1 heterocycles. The SMILES string of the molecule is CCC1CC(Nc2ccc(O)c(C)c2)CCO1. The molecule has 1 aliphatic heterocycles. The summed E-state index contributed by atoms with van der Waals surface area (Å²) in [5, 5.41) is 13.0. The maximum atomic E-state index is 9.48. The smallest absolute Gasteiger partial charge is 0.118 e. The Bertz CT molecular complexity index is 378. The second kappa shape index (κ2) is 5.41. The Kier molecular flexibility index (Phi) is 3.89. The zero-order chi connectivity index (χ0) is 12.3. The summed E-state index contributed by atoms with van der Waals surface area (Å²) in [6.45, 7) is 4.92. The number of phenols is 1. The summed E-state index contributed by atoms with van der Waals surface area (Å²) >= 11 is 0. The van der Waals surface area contributed by atoms with E-state index in [4.69, 9.17) is 4.74 Å². The van der Waals surface area contributed by atoms with Gasteiger partial charge in [-0.25, -0.2) is 0 Å². The fraction of sp³-hybridized carbons (Fsp3) is 0.571. The van der Waals surface area contributed by atoms with Crippen molar-refractivity contribution in [2.75, 3.05) is 11.9 Å². The van der Waals surface area contributed by atoms with Crippen LogP contribution in [0.25, 0.3) is 0 Å². The van der Waals surface area contributed by atoms with Gasteiger partial charge in [0.25, 0.3) is 0 Å². The van der Waals surface area contributed by atoms with Crippen LogP contribution in [0.15, 0.2) is 18.2 Å². The Morgan fingerprint density at radius 1 is 1.47 bits per heavy atom. The van der Waals surface area contributed by atoms with E-state index >= 15 is 0 Å². The molecule has 0 aromatic heterocycles. The van der Waals surface area contributed by atoms with Crippen LogP contribution in [0, 0.1) is 6.92 Å². The van der Waals surface area contributed by atoms with Crippen LogP contribution in [0.4, 0.5) is 5.69 Å². The van der Waals surface area contributed by atoms with E-state index in [1.807, 2.05) is 19.1 Å². The second-order valence-corrected chi connectivity index (χ2v) is 4.77. The van der Waals surface area contributed by atoms with Crippen LogP contribution in [0.1, 0.15) is 31.7 Å². The lowest BCUT2D eigenvalue weighted by Crippen LogP contribution is -2.33. The number of hydrogen-bond donors (Lipinski definition) is 2. The van der Waals surface area contributed by atoms with E-state index in [-0.39, 0.29) is 0 Å². The van der Waals surface area contributed by atoms with Gasteiger partial charge in [0.05, 0.1) is 6.10 Å². The average molecular weight is 235 g/mol. The maximum Gasteiger partial charge on any atom is 0.118 e. The van der Waals surface area contributed by atoms with Gasteiger partial charge in [0.1, 0.15) is 5.75 Å². The topological polar surface area (TPSA) is 41.5 Å². The molecule has 1 fully saturated rings. The van der Waals surface area contributed by atoms with E-state index < -0.39 is 0 Å². The van der Waals surface area contributed by atoms with Crippen LogP contribution in [0.3, 0.4) is 0 Å². The fourth-order valence-corrected chi connectivity index (χ4v) is 2.28. The number of aryl methyl sites for hydroxylation is 1. The van der Waals surface area contributed by atoms with E-state index in [1.165, 1.54) is 0 Å². The van der Waals surface area contributed by atoms with Crippen molar-refractivity contribution in [2.24, 2.45) is 0 Å². The minimum atomic E-state index is 0.356. The van der Waals surface area contributed by atoms with Gasteiger partial charge in [-0.3, -0.25) is 0 Å². The van der Waals surface area contributed by atoms with Crippen molar-refractivity contribution in [1.29, 1.82) is 0 Å². The number of rotatable bonds is 3. The van der Waals surface area contributed by atoms with E-state index in [1.54, 1.807) is 6.07 Å². The largest absolute Gasteiger partial charge is 0.508 e. The summed E-state index contributed by atoms with van der Waals surface area (Å²) in [5.74, 6) is 0.356. The highest BCUT2D eigenvalue weighted by Gasteiger charge is 2.21. The zero-order valence-electron chi connectivity index (χ0n) is 10.6. The molecular formula is C14H21NO2. The third-order valence-electron chi connectivity index (χ3n) is 3.39. The summed E-state index contributed by atoms with van der Waals surface area (Å²) < 4.78 is 5.66. The standard InChI is InChI=1S/C14H21NO2/c1-3-13-9-12(6-7-17-13)15-11-4-5-14(16)10(2)8-11/h4-5,8,12-13,15-16H,3,6-7,9H2,1-2H3. The summed E-state index contributed by atoms with van der Waals surface area (Å²) in [6, 6.07) is 6.15. The average Bonchev–Trinajstić information content (AvgIpc) is 2.34. The number of nitrogens with one attached hydrogen (secondary N) is 1. The van der Waals surface area contributed by atoms with E-state index in [2.05, 4.69) is 12.2 Å². The van der Waals surface area contributed by atoms with E-state index in [0.29, 0.717) is 17.9 Å². The Morgan fingerprint density at radius 2 is 2.29 bits per heavy atom. The second-order valence-electron chi connectivity index (χ2n) is 4.77. The van der Waals surface area contributed by atoms with Crippen molar-refractivity contribution in [2.45, 2.75) is 45.3 Å². The molecule has 0 spiro atoms. The van der Waals surface area contributed by atoms with Crippen LogP contribution in [0.5, 0.6) is 5.75 Å². The molecule has 1 saturated heterocycles. The first-order valence-electron chi connectivity index (χ1n) is 6.36. The molecule has 0 aliphatic carbocycles. The lowest BCUT2D eigenvalue weighted by atomic mass is 10.0. The zero-order valence-corrected chi connectivity index (χ0v) is 10.6. The predicted octanol–water partition coefficient (Wildman–Crippen LogP) is 3.07. The molecule has 0 radical (unpaired) electrons. The lowest BCUT2D eigenvalue weighted by molar-refractivity contribution is 0.00925. The lowest BCUT2D eigenvalue weighted by Gasteiger charge is -2.30. The monoisotopic (exact) mass is 235 g/mol. The Hall–Kier alpha value is -1.22. The highest BCUT2D eigenvalue weighted by atomic mass is 16.5. The van der Waals surface area contributed by atoms with Gasteiger partial charge < -0.3 is 15.2 Å². The van der Waals surface area contributed by atoms with Gasteiger partial charge in [-0.15, -0.1) is 0 Å². The third kappa shape index (κ3) is 3.13. The third-order valence-corrected chi connectivity index (χ3v) is 3.39. The number of benzene rings is 1. The molecule has 1 aromatic rings. The van der Waals surface area contributed by atoms with Gasteiger partial charge in [-0.05, 0) is 49.9 Å². The molecular weight excluding hydrogens is 214 g/mol. The van der Waals surface area contributed by atoms with Crippen molar-refractivity contribution < 1.29 is 9.84 Å². The minimum absolute atomic E-state index is 0.356. The van der Waals surface area contributed by atoms with Gasteiger partial charge >= 0.3 is 0 Å².